The summed E-state index contributed by atoms with van der Waals surface area (Å²) < 4.78 is 0. The molecule has 0 bridgehead atoms. The van der Waals surface area contributed by atoms with E-state index in [9.17, 15) is 19.8 Å². The third kappa shape index (κ3) is 7.58. The molecule has 1 aromatic heterocycles. The molecule has 2 N–H and O–H groups in total. The zero-order valence-corrected chi connectivity index (χ0v) is 23.5. The predicted octanol–water partition coefficient (Wildman–Crippen LogP) is 5.18. The molecule has 0 saturated heterocycles. The lowest BCUT2D eigenvalue weighted by molar-refractivity contribution is -0.145. The molecule has 2 heterocycles. The first-order valence-electron chi connectivity index (χ1n) is 12.7. The zero-order valence-electron chi connectivity index (χ0n) is 22.7. The van der Waals surface area contributed by atoms with Crippen molar-refractivity contribution in [1.29, 1.82) is 0 Å². The van der Waals surface area contributed by atoms with Gasteiger partial charge in [-0.05, 0) is 64.0 Å². The second kappa shape index (κ2) is 12.4. The summed E-state index contributed by atoms with van der Waals surface area (Å²) in [5, 5.41) is 24.8. The van der Waals surface area contributed by atoms with Crippen LogP contribution in [0.3, 0.4) is 0 Å². The monoisotopic (exact) mass is 504 g/mol. The lowest BCUT2D eigenvalue weighted by atomic mass is 9.73. The molecule has 35 heavy (non-hydrogen) atoms. The lowest BCUT2D eigenvalue weighted by Crippen LogP contribution is -2.47. The highest BCUT2D eigenvalue weighted by Crippen LogP contribution is 2.32. The van der Waals surface area contributed by atoms with Crippen LogP contribution in [-0.2, 0) is 9.59 Å². The summed E-state index contributed by atoms with van der Waals surface area (Å²) in [4.78, 5) is 32.8. The van der Waals surface area contributed by atoms with E-state index in [2.05, 4.69) is 18.0 Å². The van der Waals surface area contributed by atoms with Crippen LogP contribution in [0.5, 0.6) is 0 Å². The Balaban J connectivity index is 2.41. The van der Waals surface area contributed by atoms with Crippen LogP contribution in [0.15, 0.2) is 22.6 Å². The Labute approximate surface area is 215 Å². The van der Waals surface area contributed by atoms with Gasteiger partial charge < -0.3 is 15.1 Å². The van der Waals surface area contributed by atoms with Gasteiger partial charge in [-0.25, -0.2) is 4.98 Å². The van der Waals surface area contributed by atoms with Crippen molar-refractivity contribution < 1.29 is 19.8 Å². The Bertz CT molecular complexity index is 949. The average molecular weight is 505 g/mol. The van der Waals surface area contributed by atoms with Gasteiger partial charge in [0, 0.05) is 18.3 Å². The van der Waals surface area contributed by atoms with Crippen molar-refractivity contribution in [2.75, 3.05) is 7.05 Å². The highest BCUT2D eigenvalue weighted by molar-refractivity contribution is 7.09. The molecule has 0 aliphatic carbocycles. The number of hydrogen-bond donors (Lipinski definition) is 2. The van der Waals surface area contributed by atoms with Gasteiger partial charge in [-0.2, -0.15) is 0 Å². The number of aryl methyl sites for hydroxylation is 1. The van der Waals surface area contributed by atoms with E-state index in [1.54, 1.807) is 44.1 Å². The summed E-state index contributed by atoms with van der Waals surface area (Å²) in [6.07, 6.45) is 5.43. The summed E-state index contributed by atoms with van der Waals surface area (Å²) in [6.45, 7) is 13.1. The highest BCUT2D eigenvalue weighted by Gasteiger charge is 2.42. The number of hydrogen-bond acceptors (Lipinski definition) is 6. The number of carbonyl (C=O) groups excluding carboxylic acids is 2. The first-order valence-corrected chi connectivity index (χ1v) is 13.6. The maximum absolute atomic E-state index is 13.3. The molecule has 7 heteroatoms. The Morgan fingerprint density at radius 2 is 1.89 bits per heavy atom. The normalized spacial score (nSPS) is 31.8. The maximum atomic E-state index is 13.3. The molecule has 0 radical (unpaired) electrons. The molecule has 0 aromatic carbocycles. The number of ketones is 1. The number of allylic oxidation sites excluding steroid dienone is 1. The highest BCUT2D eigenvalue weighted by atomic mass is 32.1. The molecule has 1 aliphatic heterocycles. The third-order valence-corrected chi connectivity index (χ3v) is 8.46. The molecule has 2 rings (SSSR count). The van der Waals surface area contributed by atoms with E-state index in [0.29, 0.717) is 6.42 Å². The summed E-state index contributed by atoms with van der Waals surface area (Å²) in [5.74, 6) is -1.08. The summed E-state index contributed by atoms with van der Waals surface area (Å²) in [5.41, 5.74) is 1.99. The maximum Gasteiger partial charge on any atom is 0.225 e. The molecule has 196 valence electrons. The zero-order chi connectivity index (χ0) is 26.5. The Morgan fingerprint density at radius 1 is 1.23 bits per heavy atom. The van der Waals surface area contributed by atoms with Crippen LogP contribution < -0.4 is 0 Å². The van der Waals surface area contributed by atoms with E-state index >= 15 is 0 Å². The van der Waals surface area contributed by atoms with Crippen molar-refractivity contribution in [1.82, 2.24) is 9.88 Å². The molecule has 6 nitrogen and oxygen atoms in total. The largest absolute Gasteiger partial charge is 0.392 e. The number of rotatable bonds is 2. The lowest BCUT2D eigenvalue weighted by Gasteiger charge is -2.36. The summed E-state index contributed by atoms with van der Waals surface area (Å²) in [6, 6.07) is -0.182. The van der Waals surface area contributed by atoms with Gasteiger partial charge >= 0.3 is 0 Å². The van der Waals surface area contributed by atoms with Gasteiger partial charge in [0.05, 0.1) is 40.8 Å². The number of likely N-dealkylation sites (N-methyl/N-ethyl adjacent to an activating group) is 1. The van der Waals surface area contributed by atoms with Gasteiger partial charge in [-0.15, -0.1) is 11.3 Å². The number of aliphatic hydroxyl groups excluding tert-OH is 2. The average Bonchev–Trinajstić information content (AvgIpc) is 3.20. The Kier molecular flexibility index (Phi) is 10.4. The van der Waals surface area contributed by atoms with Gasteiger partial charge in [0.2, 0.25) is 5.91 Å². The number of thiazole rings is 1. The number of Topliss-reactive ketones (excluding diaryl/α,β-unsaturated/α-hetero) is 1. The van der Waals surface area contributed by atoms with Crippen LogP contribution in [0, 0.1) is 24.2 Å². The standard InChI is InChI=1S/C28H44N2O4S/c1-17-10-9-11-18(2)26(33)20(4)27(34)28(6,7)24(31)15-25(32)30(8)23(13-12-17)19(3)14-22-16-35-21(5)29-22/h12,14,16,18,20,23-24,26,31,33H,9-11,13,15H2,1-8H3/b17-12-,19-14+/t18-,20-,23?,24+,26+/m1/s1. The topological polar surface area (TPSA) is 90.7 Å². The van der Waals surface area contributed by atoms with E-state index in [0.717, 1.165) is 35.5 Å². The number of amides is 1. The smallest absolute Gasteiger partial charge is 0.225 e. The fourth-order valence-corrected chi connectivity index (χ4v) is 5.42. The van der Waals surface area contributed by atoms with Crippen LogP contribution in [-0.4, -0.2) is 57.1 Å². The van der Waals surface area contributed by atoms with Gasteiger partial charge in [0.1, 0.15) is 5.78 Å². The Morgan fingerprint density at radius 3 is 2.49 bits per heavy atom. The van der Waals surface area contributed by atoms with Gasteiger partial charge in [0.15, 0.2) is 0 Å². The van der Waals surface area contributed by atoms with E-state index in [1.807, 2.05) is 32.2 Å². The number of carbonyl (C=O) groups is 2. The van der Waals surface area contributed by atoms with Crippen molar-refractivity contribution in [2.24, 2.45) is 17.3 Å². The van der Waals surface area contributed by atoms with Gasteiger partial charge in [0.25, 0.3) is 0 Å². The Hall–Kier alpha value is -1.83. The molecule has 1 unspecified atom stereocenters. The minimum absolute atomic E-state index is 0.0325. The molecule has 1 amide bonds. The van der Waals surface area contributed by atoms with Crippen molar-refractivity contribution >= 4 is 29.1 Å². The molecule has 1 aromatic rings. The predicted molar refractivity (Wildman–Crippen MR) is 143 cm³/mol. The minimum atomic E-state index is -1.15. The number of aromatic nitrogens is 1. The molecule has 0 spiro atoms. The second-order valence-electron chi connectivity index (χ2n) is 10.9. The second-order valence-corrected chi connectivity index (χ2v) is 12.0. The third-order valence-electron chi connectivity index (χ3n) is 7.66. The molecule has 5 atom stereocenters. The van der Waals surface area contributed by atoms with Gasteiger partial charge in [-0.3, -0.25) is 9.59 Å². The number of aliphatic hydroxyl groups is 2. The van der Waals surface area contributed by atoms with Crippen LogP contribution in [0.4, 0.5) is 0 Å². The van der Waals surface area contributed by atoms with E-state index in [4.69, 9.17) is 0 Å². The van der Waals surface area contributed by atoms with E-state index < -0.39 is 23.5 Å². The number of nitrogens with zero attached hydrogens (tertiary/aromatic N) is 2. The first-order chi connectivity index (χ1) is 16.2. The molecule has 0 fully saturated rings. The fraction of sp³-hybridized carbons (Fsp3) is 0.679. The van der Waals surface area contributed by atoms with Crippen LogP contribution in [0.1, 0.15) is 84.3 Å². The van der Waals surface area contributed by atoms with Crippen molar-refractivity contribution in [2.45, 2.75) is 98.8 Å². The summed E-state index contributed by atoms with van der Waals surface area (Å²) in [7, 11) is 1.76. The minimum Gasteiger partial charge on any atom is -0.392 e. The SMILES string of the molecule is C/C1=C/CC(/C(C)=C/c2csc(C)n2)N(C)C(=O)C[C@H](O)C(C)(C)C(=O)[C@H](C)[C@@H](O)[C@H](C)CCC1. The quantitative estimate of drug-likeness (QED) is 0.542. The van der Waals surface area contributed by atoms with E-state index in [1.165, 1.54) is 5.57 Å². The molecule has 0 saturated carbocycles. The van der Waals surface area contributed by atoms with E-state index in [-0.39, 0.29) is 30.1 Å². The fourth-order valence-electron chi connectivity index (χ4n) is 4.85. The summed E-state index contributed by atoms with van der Waals surface area (Å²) >= 11 is 1.59. The van der Waals surface area contributed by atoms with Crippen LogP contribution >= 0.6 is 11.3 Å². The van der Waals surface area contributed by atoms with Crippen molar-refractivity contribution in [3.63, 3.8) is 0 Å². The molecular weight excluding hydrogens is 460 g/mol. The first kappa shape index (κ1) is 29.4. The van der Waals surface area contributed by atoms with Crippen LogP contribution in [0.2, 0.25) is 0 Å². The van der Waals surface area contributed by atoms with Crippen molar-refractivity contribution in [3.05, 3.63) is 33.3 Å². The van der Waals surface area contributed by atoms with Gasteiger partial charge in [-0.1, -0.05) is 39.3 Å². The molecular formula is C28H44N2O4S. The van der Waals surface area contributed by atoms with Crippen LogP contribution in [0.25, 0.3) is 6.08 Å². The molecule has 1 aliphatic rings. The van der Waals surface area contributed by atoms with Crippen molar-refractivity contribution in [3.8, 4) is 0 Å².